The molecule has 0 spiro atoms. The molecule has 0 aliphatic rings. The molecule has 3 aromatic heterocycles. The van der Waals surface area contributed by atoms with Gasteiger partial charge in [0.15, 0.2) is 11.6 Å². The fraction of sp³-hybridized carbons (Fsp3) is 0.238. The molecule has 4 aromatic rings. The van der Waals surface area contributed by atoms with E-state index in [1.807, 2.05) is 6.92 Å². The second-order valence-corrected chi connectivity index (χ2v) is 7.41. The SMILES string of the molecule is CCN(Cc1ncnn1-c1ccc(OC)nc1)C(=O)NCc1ncnn1-c1ccc(Cl)c(F)c1. The minimum Gasteiger partial charge on any atom is -0.481 e. The lowest BCUT2D eigenvalue weighted by Crippen LogP contribution is -2.40. The fourth-order valence-electron chi connectivity index (χ4n) is 3.19. The summed E-state index contributed by atoms with van der Waals surface area (Å²) in [7, 11) is 1.54. The number of nitrogens with zero attached hydrogens (tertiary/aromatic N) is 8. The lowest BCUT2D eigenvalue weighted by atomic mass is 10.3. The third-order valence-electron chi connectivity index (χ3n) is 4.96. The minimum absolute atomic E-state index is 0.00979. The van der Waals surface area contributed by atoms with Gasteiger partial charge in [-0.15, -0.1) is 0 Å². The molecule has 0 aliphatic carbocycles. The van der Waals surface area contributed by atoms with E-state index in [1.165, 1.54) is 36.6 Å². The lowest BCUT2D eigenvalue weighted by molar-refractivity contribution is 0.195. The van der Waals surface area contributed by atoms with E-state index in [0.29, 0.717) is 35.4 Å². The van der Waals surface area contributed by atoms with Crippen LogP contribution in [-0.2, 0) is 13.1 Å². The van der Waals surface area contributed by atoms with Crippen molar-refractivity contribution in [3.05, 3.63) is 71.7 Å². The Morgan fingerprint density at radius 2 is 1.79 bits per heavy atom. The summed E-state index contributed by atoms with van der Waals surface area (Å²) in [5.74, 6) is 0.898. The molecule has 11 nitrogen and oxygen atoms in total. The Bertz CT molecular complexity index is 1280. The maximum absolute atomic E-state index is 13.8. The monoisotopic (exact) mass is 485 g/mol. The highest BCUT2D eigenvalue weighted by Gasteiger charge is 2.18. The van der Waals surface area contributed by atoms with Gasteiger partial charge in [-0.2, -0.15) is 10.2 Å². The molecule has 1 aromatic carbocycles. The van der Waals surface area contributed by atoms with Gasteiger partial charge in [0.25, 0.3) is 0 Å². The Morgan fingerprint density at radius 3 is 2.44 bits per heavy atom. The number of carbonyl (C=O) groups is 1. The van der Waals surface area contributed by atoms with Crippen molar-refractivity contribution in [1.82, 2.24) is 44.7 Å². The van der Waals surface area contributed by atoms with Crippen LogP contribution in [0.25, 0.3) is 11.4 Å². The second-order valence-electron chi connectivity index (χ2n) is 7.01. The van der Waals surface area contributed by atoms with Gasteiger partial charge in [-0.1, -0.05) is 11.6 Å². The van der Waals surface area contributed by atoms with E-state index < -0.39 is 5.82 Å². The molecule has 13 heteroatoms. The van der Waals surface area contributed by atoms with Crippen LogP contribution in [-0.4, -0.2) is 59.1 Å². The first-order valence-corrected chi connectivity index (χ1v) is 10.6. The van der Waals surface area contributed by atoms with Crippen molar-refractivity contribution in [2.24, 2.45) is 0 Å². The van der Waals surface area contributed by atoms with Gasteiger partial charge < -0.3 is 15.0 Å². The molecule has 2 amide bonds. The number of methoxy groups -OCH3 is 1. The molecule has 0 atom stereocenters. The number of benzene rings is 1. The van der Waals surface area contributed by atoms with Crippen LogP contribution < -0.4 is 10.1 Å². The van der Waals surface area contributed by atoms with Gasteiger partial charge in [0.2, 0.25) is 5.88 Å². The molecule has 0 radical (unpaired) electrons. The van der Waals surface area contributed by atoms with Crippen LogP contribution in [0.1, 0.15) is 18.6 Å². The Hall–Kier alpha value is -4.06. The Kier molecular flexibility index (Phi) is 6.97. The zero-order valence-electron chi connectivity index (χ0n) is 18.4. The normalized spacial score (nSPS) is 10.8. The first kappa shape index (κ1) is 23.1. The number of hydrogen-bond donors (Lipinski definition) is 1. The van der Waals surface area contributed by atoms with E-state index in [1.54, 1.807) is 34.0 Å². The molecule has 3 heterocycles. The smallest absolute Gasteiger partial charge is 0.318 e. The van der Waals surface area contributed by atoms with Gasteiger partial charge in [0.1, 0.15) is 18.5 Å². The topological polar surface area (TPSA) is 116 Å². The van der Waals surface area contributed by atoms with E-state index in [2.05, 4.69) is 30.5 Å². The summed E-state index contributed by atoms with van der Waals surface area (Å²) in [6.07, 6.45) is 4.36. The molecule has 34 heavy (non-hydrogen) atoms. The number of hydrogen-bond acceptors (Lipinski definition) is 7. The summed E-state index contributed by atoms with van der Waals surface area (Å²) in [5, 5.41) is 11.2. The number of halogens is 2. The van der Waals surface area contributed by atoms with Gasteiger partial charge in [0.05, 0.1) is 42.8 Å². The van der Waals surface area contributed by atoms with Crippen molar-refractivity contribution in [2.75, 3.05) is 13.7 Å². The third-order valence-corrected chi connectivity index (χ3v) is 5.26. The summed E-state index contributed by atoms with van der Waals surface area (Å²) < 4.78 is 22.0. The predicted octanol–water partition coefficient (Wildman–Crippen LogP) is 2.78. The quantitative estimate of drug-likeness (QED) is 0.408. The zero-order valence-corrected chi connectivity index (χ0v) is 19.1. The number of aromatic nitrogens is 7. The third kappa shape index (κ3) is 4.96. The minimum atomic E-state index is -0.571. The highest BCUT2D eigenvalue weighted by Crippen LogP contribution is 2.18. The molecule has 176 valence electrons. The number of urea groups is 1. The van der Waals surface area contributed by atoms with Crippen molar-refractivity contribution in [2.45, 2.75) is 20.0 Å². The molecule has 0 aliphatic heterocycles. The number of rotatable bonds is 8. The van der Waals surface area contributed by atoms with E-state index >= 15 is 0 Å². The first-order valence-electron chi connectivity index (χ1n) is 10.3. The predicted molar refractivity (Wildman–Crippen MR) is 120 cm³/mol. The molecule has 4 rings (SSSR count). The average Bonchev–Trinajstić information content (AvgIpc) is 3.52. The van der Waals surface area contributed by atoms with Crippen LogP contribution in [0, 0.1) is 5.82 Å². The molecular weight excluding hydrogens is 465 g/mol. The van der Waals surface area contributed by atoms with Gasteiger partial charge >= 0.3 is 6.03 Å². The van der Waals surface area contributed by atoms with Crippen molar-refractivity contribution in [1.29, 1.82) is 0 Å². The van der Waals surface area contributed by atoms with Crippen molar-refractivity contribution < 1.29 is 13.9 Å². The second kappa shape index (κ2) is 10.3. The molecule has 1 N–H and O–H groups in total. The van der Waals surface area contributed by atoms with Gasteiger partial charge in [-0.3, -0.25) is 0 Å². The first-order chi connectivity index (χ1) is 16.5. The van der Waals surface area contributed by atoms with Crippen LogP contribution in [0.3, 0.4) is 0 Å². The maximum atomic E-state index is 13.8. The van der Waals surface area contributed by atoms with Crippen LogP contribution >= 0.6 is 11.6 Å². The van der Waals surface area contributed by atoms with Crippen LogP contribution in [0.2, 0.25) is 5.02 Å². The van der Waals surface area contributed by atoms with E-state index in [9.17, 15) is 9.18 Å². The summed E-state index contributed by atoms with van der Waals surface area (Å²) >= 11 is 5.75. The van der Waals surface area contributed by atoms with E-state index in [0.717, 1.165) is 0 Å². The summed E-state index contributed by atoms with van der Waals surface area (Å²) in [5.41, 5.74) is 1.13. The lowest BCUT2D eigenvalue weighted by Gasteiger charge is -2.21. The summed E-state index contributed by atoms with van der Waals surface area (Å²) in [6.45, 7) is 2.57. The Labute approximate surface area is 199 Å². The van der Waals surface area contributed by atoms with Crippen molar-refractivity contribution in [3.63, 3.8) is 0 Å². The Balaban J connectivity index is 1.44. The van der Waals surface area contributed by atoms with Crippen LogP contribution in [0.5, 0.6) is 5.88 Å². The van der Waals surface area contributed by atoms with Gasteiger partial charge in [0, 0.05) is 18.7 Å². The fourth-order valence-corrected chi connectivity index (χ4v) is 3.31. The number of carbonyl (C=O) groups excluding carboxylic acids is 1. The standard InChI is InChI=1S/C21H21ClFN9O2/c1-3-30(11-19-27-13-29-32(19)15-5-7-20(34-2)24-9-15)21(33)25-10-18-26-12-28-31(18)14-4-6-16(22)17(23)8-14/h4-9,12-13H,3,10-11H2,1-2H3,(H,25,33). The molecule has 0 saturated carbocycles. The summed E-state index contributed by atoms with van der Waals surface area (Å²) in [6, 6.07) is 7.48. The number of ether oxygens (including phenoxy) is 1. The molecule has 0 saturated heterocycles. The maximum Gasteiger partial charge on any atom is 0.318 e. The average molecular weight is 486 g/mol. The number of nitrogens with one attached hydrogen (secondary N) is 1. The van der Waals surface area contributed by atoms with Crippen LogP contribution in [0.4, 0.5) is 9.18 Å². The molecular formula is C21H21ClFN9O2. The molecule has 0 bridgehead atoms. The highest BCUT2D eigenvalue weighted by atomic mass is 35.5. The molecule has 0 unspecified atom stereocenters. The summed E-state index contributed by atoms with van der Waals surface area (Å²) in [4.78, 5) is 27.1. The van der Waals surface area contributed by atoms with E-state index in [4.69, 9.17) is 16.3 Å². The Morgan fingerprint density at radius 1 is 1.09 bits per heavy atom. The van der Waals surface area contributed by atoms with E-state index in [-0.39, 0.29) is 24.1 Å². The van der Waals surface area contributed by atoms with Crippen LogP contribution in [0.15, 0.2) is 49.2 Å². The van der Waals surface area contributed by atoms with Crippen molar-refractivity contribution >= 4 is 17.6 Å². The van der Waals surface area contributed by atoms with Gasteiger partial charge in [-0.05, 0) is 25.1 Å². The van der Waals surface area contributed by atoms with Gasteiger partial charge in [-0.25, -0.2) is 33.5 Å². The molecule has 0 fully saturated rings. The van der Waals surface area contributed by atoms with Crippen molar-refractivity contribution in [3.8, 4) is 17.3 Å². The largest absolute Gasteiger partial charge is 0.481 e. The number of amides is 2. The number of pyridine rings is 1. The highest BCUT2D eigenvalue weighted by molar-refractivity contribution is 6.30. The zero-order chi connectivity index (χ0) is 24.1.